The molecule has 3 nitrogen and oxygen atoms in total. The maximum atomic E-state index is 5.67. The maximum absolute atomic E-state index is 5.67. The first-order valence-electron chi connectivity index (χ1n) is 4.89. The van der Waals surface area contributed by atoms with E-state index in [2.05, 4.69) is 25.0 Å². The Balaban J connectivity index is 2.49. The number of nitrogens with two attached hydrogens (primary N) is 1. The van der Waals surface area contributed by atoms with Crippen molar-refractivity contribution in [2.75, 3.05) is 0 Å². The molecule has 2 N–H and O–H groups in total. The van der Waals surface area contributed by atoms with E-state index in [1.165, 1.54) is 0 Å². The van der Waals surface area contributed by atoms with Gasteiger partial charge in [0.1, 0.15) is 0 Å². The van der Waals surface area contributed by atoms with E-state index in [1.807, 2.05) is 17.8 Å². The Bertz CT molecular complexity index is 250. The Labute approximate surface area is 79.9 Å². The van der Waals surface area contributed by atoms with Crippen molar-refractivity contribution in [3.8, 4) is 0 Å². The summed E-state index contributed by atoms with van der Waals surface area (Å²) in [4.78, 5) is 0. The molecule has 0 amide bonds. The summed E-state index contributed by atoms with van der Waals surface area (Å²) in [7, 11) is 0. The molecular formula is C10H19N3. The zero-order valence-corrected chi connectivity index (χ0v) is 8.70. The van der Waals surface area contributed by atoms with Crippen LogP contribution in [-0.4, -0.2) is 15.8 Å². The molecule has 0 aliphatic carbocycles. The summed E-state index contributed by atoms with van der Waals surface area (Å²) in [5, 5.41) is 4.44. The number of aryl methyl sites for hydroxylation is 1. The molecule has 1 atom stereocenters. The lowest BCUT2D eigenvalue weighted by Gasteiger charge is -2.04. The lowest BCUT2D eigenvalue weighted by atomic mass is 10.1. The summed E-state index contributed by atoms with van der Waals surface area (Å²) in [6, 6.07) is 2.79. The van der Waals surface area contributed by atoms with Gasteiger partial charge in [0.15, 0.2) is 0 Å². The third-order valence-corrected chi connectivity index (χ3v) is 2.05. The van der Waals surface area contributed by atoms with Crippen LogP contribution in [0.3, 0.4) is 0 Å². The number of nitrogens with zero attached hydrogens (tertiary/aromatic N) is 2. The minimum absolute atomic E-state index is 0.268. The second-order valence-corrected chi connectivity index (χ2v) is 3.90. The van der Waals surface area contributed by atoms with Crippen molar-refractivity contribution in [2.24, 2.45) is 5.73 Å². The Morgan fingerprint density at radius 3 is 2.62 bits per heavy atom. The first kappa shape index (κ1) is 10.3. The molecule has 0 radical (unpaired) electrons. The molecule has 0 bridgehead atoms. The minimum Gasteiger partial charge on any atom is -0.328 e. The van der Waals surface area contributed by atoms with Crippen molar-refractivity contribution in [1.29, 1.82) is 0 Å². The van der Waals surface area contributed by atoms with E-state index < -0.39 is 0 Å². The van der Waals surface area contributed by atoms with Gasteiger partial charge < -0.3 is 5.73 Å². The lowest BCUT2D eigenvalue weighted by Crippen LogP contribution is -2.15. The highest BCUT2D eigenvalue weighted by Crippen LogP contribution is 2.06. The van der Waals surface area contributed by atoms with Gasteiger partial charge in [-0.15, -0.1) is 0 Å². The van der Waals surface area contributed by atoms with Crippen molar-refractivity contribution in [2.45, 2.75) is 45.7 Å². The van der Waals surface area contributed by atoms with Crippen LogP contribution in [0.5, 0.6) is 0 Å². The zero-order valence-electron chi connectivity index (χ0n) is 8.70. The average molecular weight is 181 g/mol. The topological polar surface area (TPSA) is 43.8 Å². The Morgan fingerprint density at radius 1 is 1.46 bits per heavy atom. The molecule has 1 heterocycles. The summed E-state index contributed by atoms with van der Waals surface area (Å²) in [6.45, 7) is 6.28. The van der Waals surface area contributed by atoms with Gasteiger partial charge in [-0.1, -0.05) is 0 Å². The van der Waals surface area contributed by atoms with E-state index in [1.54, 1.807) is 0 Å². The number of aromatic nitrogens is 2. The predicted molar refractivity (Wildman–Crippen MR) is 54.6 cm³/mol. The van der Waals surface area contributed by atoms with Gasteiger partial charge in [0, 0.05) is 18.3 Å². The van der Waals surface area contributed by atoms with Gasteiger partial charge in [-0.05, 0) is 39.7 Å². The number of hydrogen-bond acceptors (Lipinski definition) is 2. The molecule has 0 spiro atoms. The van der Waals surface area contributed by atoms with E-state index in [9.17, 15) is 0 Å². The lowest BCUT2D eigenvalue weighted by molar-refractivity contribution is 0.523. The molecule has 1 rings (SSSR count). The van der Waals surface area contributed by atoms with Crippen LogP contribution in [0.2, 0.25) is 0 Å². The number of rotatable bonds is 4. The standard InChI is InChI=1S/C10H19N3/c1-8(2)13-7-6-10(12-13)5-4-9(3)11/h6-9H,4-5,11H2,1-3H3. The van der Waals surface area contributed by atoms with Gasteiger partial charge in [0.25, 0.3) is 0 Å². The van der Waals surface area contributed by atoms with Crippen LogP contribution in [0.15, 0.2) is 12.3 Å². The van der Waals surface area contributed by atoms with Crippen LogP contribution in [0.1, 0.15) is 38.9 Å². The monoisotopic (exact) mass is 181 g/mol. The molecule has 0 saturated heterocycles. The first-order chi connectivity index (χ1) is 6.09. The predicted octanol–water partition coefficient (Wildman–Crippen LogP) is 1.74. The Morgan fingerprint density at radius 2 is 2.15 bits per heavy atom. The van der Waals surface area contributed by atoms with Gasteiger partial charge in [-0.3, -0.25) is 4.68 Å². The average Bonchev–Trinajstić information content (AvgIpc) is 2.48. The minimum atomic E-state index is 0.268. The molecule has 13 heavy (non-hydrogen) atoms. The molecular weight excluding hydrogens is 162 g/mol. The maximum Gasteiger partial charge on any atom is 0.0625 e. The molecule has 0 aromatic carbocycles. The molecule has 0 aliphatic rings. The highest BCUT2D eigenvalue weighted by atomic mass is 15.3. The van der Waals surface area contributed by atoms with E-state index in [4.69, 9.17) is 5.73 Å². The van der Waals surface area contributed by atoms with E-state index in [0.29, 0.717) is 6.04 Å². The molecule has 1 unspecified atom stereocenters. The smallest absolute Gasteiger partial charge is 0.0625 e. The first-order valence-corrected chi connectivity index (χ1v) is 4.89. The van der Waals surface area contributed by atoms with Crippen LogP contribution in [0.25, 0.3) is 0 Å². The Kier molecular flexibility index (Phi) is 3.48. The highest BCUT2D eigenvalue weighted by molar-refractivity contribution is 4.99. The number of hydrogen-bond donors (Lipinski definition) is 1. The molecule has 1 aromatic rings. The molecule has 74 valence electrons. The van der Waals surface area contributed by atoms with Gasteiger partial charge in [0.05, 0.1) is 5.69 Å². The second-order valence-electron chi connectivity index (χ2n) is 3.90. The summed E-state index contributed by atoms with van der Waals surface area (Å²) in [6.07, 6.45) is 4.02. The van der Waals surface area contributed by atoms with Gasteiger partial charge >= 0.3 is 0 Å². The summed E-state index contributed by atoms with van der Waals surface area (Å²) in [5.74, 6) is 0. The second kappa shape index (κ2) is 4.42. The largest absolute Gasteiger partial charge is 0.328 e. The highest BCUT2D eigenvalue weighted by Gasteiger charge is 2.02. The zero-order chi connectivity index (χ0) is 9.84. The molecule has 3 heteroatoms. The molecule has 1 aromatic heterocycles. The normalized spacial score (nSPS) is 13.6. The molecule has 0 saturated carbocycles. The van der Waals surface area contributed by atoms with Crippen molar-refractivity contribution in [1.82, 2.24) is 9.78 Å². The van der Waals surface area contributed by atoms with E-state index in [-0.39, 0.29) is 6.04 Å². The van der Waals surface area contributed by atoms with Crippen molar-refractivity contribution >= 4 is 0 Å². The fourth-order valence-electron chi connectivity index (χ4n) is 1.17. The van der Waals surface area contributed by atoms with Crippen LogP contribution in [-0.2, 0) is 6.42 Å². The fourth-order valence-corrected chi connectivity index (χ4v) is 1.17. The van der Waals surface area contributed by atoms with Gasteiger partial charge in [-0.25, -0.2) is 0 Å². The van der Waals surface area contributed by atoms with E-state index in [0.717, 1.165) is 18.5 Å². The Hall–Kier alpha value is -0.830. The summed E-state index contributed by atoms with van der Waals surface area (Å²) < 4.78 is 1.98. The SMILES string of the molecule is CC(N)CCc1ccn(C(C)C)n1. The van der Waals surface area contributed by atoms with Crippen molar-refractivity contribution in [3.63, 3.8) is 0 Å². The fraction of sp³-hybridized carbons (Fsp3) is 0.700. The van der Waals surface area contributed by atoms with Crippen LogP contribution >= 0.6 is 0 Å². The van der Waals surface area contributed by atoms with Crippen molar-refractivity contribution in [3.05, 3.63) is 18.0 Å². The quantitative estimate of drug-likeness (QED) is 0.769. The van der Waals surface area contributed by atoms with Crippen molar-refractivity contribution < 1.29 is 0 Å². The summed E-state index contributed by atoms with van der Waals surface area (Å²) >= 11 is 0. The van der Waals surface area contributed by atoms with Crippen LogP contribution in [0, 0.1) is 0 Å². The summed E-state index contributed by atoms with van der Waals surface area (Å²) in [5.41, 5.74) is 6.82. The van der Waals surface area contributed by atoms with E-state index >= 15 is 0 Å². The molecule has 0 fully saturated rings. The van der Waals surface area contributed by atoms with Gasteiger partial charge in [0.2, 0.25) is 0 Å². The third-order valence-electron chi connectivity index (χ3n) is 2.05. The van der Waals surface area contributed by atoms with Gasteiger partial charge in [-0.2, -0.15) is 5.10 Å². The van der Waals surface area contributed by atoms with Crippen LogP contribution in [0.4, 0.5) is 0 Å². The molecule has 0 aliphatic heterocycles. The third kappa shape index (κ3) is 3.19. The van der Waals surface area contributed by atoms with Crippen LogP contribution < -0.4 is 5.73 Å².